The van der Waals surface area contributed by atoms with Crippen molar-refractivity contribution in [3.8, 4) is 0 Å². The number of nitrogens with one attached hydrogen (secondary N) is 1. The molecule has 1 aromatic carbocycles. The van der Waals surface area contributed by atoms with Crippen LogP contribution in [-0.2, 0) is 19.3 Å². The van der Waals surface area contributed by atoms with Gasteiger partial charge in [-0.3, -0.25) is 4.90 Å². The summed E-state index contributed by atoms with van der Waals surface area (Å²) >= 11 is 1.81. The van der Waals surface area contributed by atoms with E-state index in [1.165, 1.54) is 56.4 Å². The van der Waals surface area contributed by atoms with Crippen LogP contribution in [-0.4, -0.2) is 31.1 Å². The highest BCUT2D eigenvalue weighted by Crippen LogP contribution is 2.30. The minimum absolute atomic E-state index is 0.690. The van der Waals surface area contributed by atoms with Crippen molar-refractivity contribution in [2.75, 3.05) is 25.5 Å². The molecule has 124 valence electrons. The first kappa shape index (κ1) is 16.5. The molecule has 3 heteroatoms. The fraction of sp³-hybridized carbons (Fsp3) is 0.500. The Kier molecular flexibility index (Phi) is 5.74. The lowest BCUT2D eigenvalue weighted by atomic mass is 9.86. The zero-order chi connectivity index (χ0) is 16.1. The fourth-order valence-corrected chi connectivity index (χ4v) is 4.49. The van der Waals surface area contributed by atoms with Crippen LogP contribution < -0.4 is 5.32 Å². The summed E-state index contributed by atoms with van der Waals surface area (Å²) in [7, 11) is 2.04. The molecule has 0 spiro atoms. The zero-order valence-electron chi connectivity index (χ0n) is 14.3. The summed E-state index contributed by atoms with van der Waals surface area (Å²) in [5, 5.41) is 7.86. The Labute approximate surface area is 144 Å². The van der Waals surface area contributed by atoms with Crippen LogP contribution in [0.5, 0.6) is 0 Å². The van der Waals surface area contributed by atoms with Gasteiger partial charge in [-0.05, 0) is 78.2 Å². The third kappa shape index (κ3) is 3.96. The molecule has 0 saturated carbocycles. The van der Waals surface area contributed by atoms with Crippen molar-refractivity contribution in [3.63, 3.8) is 0 Å². The predicted molar refractivity (Wildman–Crippen MR) is 102 cm³/mol. The maximum atomic E-state index is 3.38. The molecule has 1 atom stereocenters. The van der Waals surface area contributed by atoms with Gasteiger partial charge in [0.1, 0.15) is 0 Å². The molecule has 2 aromatic rings. The van der Waals surface area contributed by atoms with E-state index in [0.29, 0.717) is 6.04 Å². The summed E-state index contributed by atoms with van der Waals surface area (Å²) in [5.41, 5.74) is 5.90. The number of fused-ring (bicyclic) bond motifs is 1. The minimum Gasteiger partial charge on any atom is -0.388 e. The minimum atomic E-state index is 0.690. The van der Waals surface area contributed by atoms with E-state index in [9.17, 15) is 0 Å². The molecular weight excluding hydrogens is 300 g/mol. The zero-order valence-corrected chi connectivity index (χ0v) is 15.2. The Morgan fingerprint density at radius 2 is 2.17 bits per heavy atom. The van der Waals surface area contributed by atoms with Crippen LogP contribution in [0.3, 0.4) is 0 Å². The third-order valence-electron chi connectivity index (χ3n) is 5.02. The quantitative estimate of drug-likeness (QED) is 0.799. The molecule has 0 radical (unpaired) electrons. The average Bonchev–Trinajstić information content (AvgIpc) is 3.11. The molecule has 0 aliphatic heterocycles. The molecule has 1 aromatic heterocycles. The van der Waals surface area contributed by atoms with Crippen molar-refractivity contribution in [1.29, 1.82) is 0 Å². The standard InChI is InChI=1S/C20H28N2S/c1-3-11-22(12-9-16-10-13-23-15-16)18-8-7-17-5-4-6-20(21-2)19(17)14-18/h4-6,10,13,15,18,21H,3,7-9,11-12,14H2,1-2H3. The van der Waals surface area contributed by atoms with Gasteiger partial charge >= 0.3 is 0 Å². The van der Waals surface area contributed by atoms with Gasteiger partial charge < -0.3 is 5.32 Å². The molecule has 2 nitrogen and oxygen atoms in total. The number of hydrogen-bond donors (Lipinski definition) is 1. The van der Waals surface area contributed by atoms with E-state index in [1.807, 2.05) is 18.4 Å². The van der Waals surface area contributed by atoms with Crippen LogP contribution in [0.4, 0.5) is 5.69 Å². The van der Waals surface area contributed by atoms with Gasteiger partial charge in [0, 0.05) is 25.3 Å². The van der Waals surface area contributed by atoms with Gasteiger partial charge in [0.2, 0.25) is 0 Å². The summed E-state index contributed by atoms with van der Waals surface area (Å²) in [6.45, 7) is 4.70. The molecule has 0 amide bonds. The van der Waals surface area contributed by atoms with Crippen LogP contribution >= 0.6 is 11.3 Å². The maximum absolute atomic E-state index is 3.38. The molecule has 1 N–H and O–H groups in total. The van der Waals surface area contributed by atoms with Gasteiger partial charge in [-0.25, -0.2) is 0 Å². The Balaban J connectivity index is 1.70. The number of hydrogen-bond acceptors (Lipinski definition) is 3. The highest BCUT2D eigenvalue weighted by atomic mass is 32.1. The number of anilines is 1. The lowest BCUT2D eigenvalue weighted by molar-refractivity contribution is 0.182. The number of benzene rings is 1. The highest BCUT2D eigenvalue weighted by Gasteiger charge is 2.25. The molecule has 3 rings (SSSR count). The Bertz CT molecular complexity index is 592. The van der Waals surface area contributed by atoms with Gasteiger partial charge in [-0.15, -0.1) is 0 Å². The molecule has 0 bridgehead atoms. The number of rotatable bonds is 7. The van der Waals surface area contributed by atoms with Gasteiger partial charge in [0.15, 0.2) is 0 Å². The van der Waals surface area contributed by atoms with E-state index in [4.69, 9.17) is 0 Å². The van der Waals surface area contributed by atoms with E-state index in [1.54, 1.807) is 11.1 Å². The Hall–Kier alpha value is -1.32. The fourth-order valence-electron chi connectivity index (χ4n) is 3.79. The molecular formula is C20H28N2S. The molecule has 1 unspecified atom stereocenters. The average molecular weight is 329 g/mol. The number of aryl methyl sites for hydroxylation is 1. The summed E-state index contributed by atoms with van der Waals surface area (Å²) < 4.78 is 0. The summed E-state index contributed by atoms with van der Waals surface area (Å²) in [5.74, 6) is 0. The summed E-state index contributed by atoms with van der Waals surface area (Å²) in [4.78, 5) is 2.73. The van der Waals surface area contributed by atoms with E-state index >= 15 is 0 Å². The van der Waals surface area contributed by atoms with E-state index < -0.39 is 0 Å². The molecule has 23 heavy (non-hydrogen) atoms. The van der Waals surface area contributed by atoms with Crippen molar-refractivity contribution >= 4 is 17.0 Å². The van der Waals surface area contributed by atoms with Crippen molar-refractivity contribution in [3.05, 3.63) is 51.7 Å². The van der Waals surface area contributed by atoms with Crippen LogP contribution in [0, 0.1) is 0 Å². The maximum Gasteiger partial charge on any atom is 0.0373 e. The van der Waals surface area contributed by atoms with Gasteiger partial charge in [-0.2, -0.15) is 11.3 Å². The van der Waals surface area contributed by atoms with Gasteiger partial charge in [0.05, 0.1) is 0 Å². The second-order valence-electron chi connectivity index (χ2n) is 6.51. The highest BCUT2D eigenvalue weighted by molar-refractivity contribution is 7.07. The summed E-state index contributed by atoms with van der Waals surface area (Å²) in [6.07, 6.45) is 6.12. The third-order valence-corrected chi connectivity index (χ3v) is 5.76. The lowest BCUT2D eigenvalue weighted by Gasteiger charge is -2.36. The molecule has 0 saturated heterocycles. The molecule has 1 heterocycles. The van der Waals surface area contributed by atoms with Gasteiger partial charge in [-0.1, -0.05) is 19.1 Å². The van der Waals surface area contributed by atoms with Gasteiger partial charge in [0.25, 0.3) is 0 Å². The van der Waals surface area contributed by atoms with Crippen molar-refractivity contribution in [2.24, 2.45) is 0 Å². The van der Waals surface area contributed by atoms with Crippen molar-refractivity contribution in [1.82, 2.24) is 4.90 Å². The lowest BCUT2D eigenvalue weighted by Crippen LogP contribution is -2.41. The van der Waals surface area contributed by atoms with Crippen LogP contribution in [0.2, 0.25) is 0 Å². The van der Waals surface area contributed by atoms with Crippen molar-refractivity contribution in [2.45, 2.75) is 45.1 Å². The van der Waals surface area contributed by atoms with Crippen molar-refractivity contribution < 1.29 is 0 Å². The Morgan fingerprint density at radius 1 is 1.26 bits per heavy atom. The Morgan fingerprint density at radius 3 is 2.91 bits per heavy atom. The molecule has 1 aliphatic carbocycles. The molecule has 1 aliphatic rings. The monoisotopic (exact) mass is 328 g/mol. The topological polar surface area (TPSA) is 15.3 Å². The second kappa shape index (κ2) is 7.98. The first-order valence-electron chi connectivity index (χ1n) is 8.85. The van der Waals surface area contributed by atoms with E-state index in [-0.39, 0.29) is 0 Å². The first-order chi connectivity index (χ1) is 11.3. The number of thiophene rings is 1. The van der Waals surface area contributed by atoms with E-state index in [2.05, 4.69) is 52.2 Å². The SMILES string of the molecule is CCCN(CCc1ccsc1)C1CCc2cccc(NC)c2C1. The number of nitrogens with zero attached hydrogens (tertiary/aromatic N) is 1. The normalized spacial score (nSPS) is 17.3. The smallest absolute Gasteiger partial charge is 0.0373 e. The van der Waals surface area contributed by atoms with Crippen LogP contribution in [0.1, 0.15) is 36.5 Å². The molecule has 0 fully saturated rings. The first-order valence-corrected chi connectivity index (χ1v) is 9.79. The predicted octanol–water partition coefficient (Wildman–Crippen LogP) is 4.60. The second-order valence-corrected chi connectivity index (χ2v) is 7.29. The van der Waals surface area contributed by atoms with Crippen LogP contribution in [0.25, 0.3) is 0 Å². The van der Waals surface area contributed by atoms with E-state index in [0.717, 1.165) is 0 Å². The largest absolute Gasteiger partial charge is 0.388 e. The van der Waals surface area contributed by atoms with Crippen LogP contribution in [0.15, 0.2) is 35.0 Å². The summed E-state index contributed by atoms with van der Waals surface area (Å²) in [6, 6.07) is 9.67.